The third-order valence-corrected chi connectivity index (χ3v) is 3.56. The normalized spacial score (nSPS) is 23.1. The van der Waals surface area contributed by atoms with Crippen LogP contribution in [-0.4, -0.2) is 28.3 Å². The van der Waals surface area contributed by atoms with Crippen LogP contribution in [0.5, 0.6) is 0 Å². The van der Waals surface area contributed by atoms with Crippen LogP contribution in [0.2, 0.25) is 0 Å². The van der Waals surface area contributed by atoms with Crippen LogP contribution in [0.25, 0.3) is 0 Å². The maximum Gasteiger partial charge on any atom is 0.320 e. The molecule has 0 aliphatic heterocycles. The van der Waals surface area contributed by atoms with Crippen molar-refractivity contribution in [3.63, 3.8) is 0 Å². The molecule has 1 unspecified atom stereocenters. The van der Waals surface area contributed by atoms with E-state index in [0.717, 1.165) is 18.5 Å². The number of esters is 1. The number of nitrogens with zero attached hydrogens (tertiary/aromatic N) is 1. The van der Waals surface area contributed by atoms with Crippen LogP contribution < -0.4 is 0 Å². The largest absolute Gasteiger partial charge is 0.461 e. The molecule has 1 aliphatic rings. The Morgan fingerprint density at radius 3 is 3.05 bits per heavy atom. The van der Waals surface area contributed by atoms with Crippen LogP contribution in [0.1, 0.15) is 31.4 Å². The third-order valence-electron chi connectivity index (χ3n) is 3.56. The van der Waals surface area contributed by atoms with E-state index in [-0.39, 0.29) is 12.4 Å². The van der Waals surface area contributed by atoms with Crippen LogP contribution in [0, 0.1) is 5.41 Å². The maximum absolute atomic E-state index is 12.3. The Morgan fingerprint density at radius 2 is 2.42 bits per heavy atom. The van der Waals surface area contributed by atoms with E-state index in [1.807, 2.05) is 0 Å². The molecule has 1 aromatic heterocycles. The molecule has 2 rings (SSSR count). The summed E-state index contributed by atoms with van der Waals surface area (Å²) in [4.78, 5) is 31.5. The number of aromatic nitrogens is 2. The Bertz CT molecular complexity index is 467. The van der Waals surface area contributed by atoms with Crippen molar-refractivity contribution < 1.29 is 14.3 Å². The minimum Gasteiger partial charge on any atom is -0.461 e. The SMILES string of the molecule is C=CCOC(=O)C1(Cc2cnc[nH]2)CCCCC1=O. The highest BCUT2D eigenvalue weighted by molar-refractivity contribution is 6.04. The number of ether oxygens (including phenoxy) is 1. The quantitative estimate of drug-likeness (QED) is 0.499. The van der Waals surface area contributed by atoms with Crippen molar-refractivity contribution in [1.29, 1.82) is 0 Å². The zero-order valence-electron chi connectivity index (χ0n) is 10.9. The molecular weight excluding hydrogens is 244 g/mol. The van der Waals surface area contributed by atoms with Gasteiger partial charge in [0.2, 0.25) is 0 Å². The molecule has 0 spiro atoms. The van der Waals surface area contributed by atoms with Gasteiger partial charge in [-0.1, -0.05) is 19.1 Å². The second kappa shape index (κ2) is 5.82. The molecule has 1 N–H and O–H groups in total. The van der Waals surface area contributed by atoms with E-state index in [4.69, 9.17) is 4.74 Å². The van der Waals surface area contributed by atoms with Gasteiger partial charge in [-0.05, 0) is 12.8 Å². The van der Waals surface area contributed by atoms with Crippen LogP contribution in [-0.2, 0) is 20.7 Å². The number of imidazole rings is 1. The number of Topliss-reactive ketones (excluding diaryl/α,β-unsaturated/α-hetero) is 1. The molecule has 1 fully saturated rings. The molecule has 1 aliphatic carbocycles. The monoisotopic (exact) mass is 262 g/mol. The van der Waals surface area contributed by atoms with Gasteiger partial charge in [0.15, 0.2) is 5.78 Å². The van der Waals surface area contributed by atoms with Crippen molar-refractivity contribution in [3.05, 3.63) is 30.9 Å². The lowest BCUT2D eigenvalue weighted by molar-refractivity contribution is -0.161. The van der Waals surface area contributed by atoms with Crippen LogP contribution >= 0.6 is 0 Å². The average molecular weight is 262 g/mol. The first-order chi connectivity index (χ1) is 9.19. The van der Waals surface area contributed by atoms with Gasteiger partial charge < -0.3 is 9.72 Å². The number of hydrogen-bond acceptors (Lipinski definition) is 4. The van der Waals surface area contributed by atoms with Crippen LogP contribution in [0.4, 0.5) is 0 Å². The van der Waals surface area contributed by atoms with E-state index < -0.39 is 11.4 Å². The topological polar surface area (TPSA) is 72.0 Å². The van der Waals surface area contributed by atoms with Gasteiger partial charge in [-0.25, -0.2) is 4.98 Å². The lowest BCUT2D eigenvalue weighted by Gasteiger charge is -2.32. The molecule has 1 atom stereocenters. The molecule has 5 nitrogen and oxygen atoms in total. The molecule has 1 aromatic rings. The molecular formula is C14H18N2O3. The minimum absolute atomic E-state index is 0.0255. The van der Waals surface area contributed by atoms with Gasteiger partial charge in [0.1, 0.15) is 12.0 Å². The first-order valence-corrected chi connectivity index (χ1v) is 6.48. The summed E-state index contributed by atoms with van der Waals surface area (Å²) >= 11 is 0. The Labute approximate surface area is 112 Å². The van der Waals surface area contributed by atoms with Crippen molar-refractivity contribution >= 4 is 11.8 Å². The van der Waals surface area contributed by atoms with Crippen molar-refractivity contribution in [2.24, 2.45) is 5.41 Å². The summed E-state index contributed by atoms with van der Waals surface area (Å²) in [5.41, 5.74) is -0.265. The highest BCUT2D eigenvalue weighted by Crippen LogP contribution is 2.37. The molecule has 0 radical (unpaired) electrons. The number of nitrogens with one attached hydrogen (secondary N) is 1. The van der Waals surface area contributed by atoms with Crippen molar-refractivity contribution in [2.45, 2.75) is 32.1 Å². The fraction of sp³-hybridized carbons (Fsp3) is 0.500. The fourth-order valence-corrected chi connectivity index (χ4v) is 2.55. The van der Waals surface area contributed by atoms with Crippen molar-refractivity contribution in [1.82, 2.24) is 9.97 Å². The Hall–Kier alpha value is -1.91. The number of ketones is 1. The number of hydrogen-bond donors (Lipinski definition) is 1. The summed E-state index contributed by atoms with van der Waals surface area (Å²) in [5, 5.41) is 0. The van der Waals surface area contributed by atoms with E-state index in [0.29, 0.717) is 19.3 Å². The van der Waals surface area contributed by atoms with Gasteiger partial charge in [0.25, 0.3) is 0 Å². The summed E-state index contributed by atoms with van der Waals surface area (Å²) in [5.74, 6) is -0.464. The maximum atomic E-state index is 12.3. The van der Waals surface area contributed by atoms with Gasteiger partial charge in [-0.15, -0.1) is 0 Å². The Balaban J connectivity index is 2.23. The van der Waals surface area contributed by atoms with E-state index in [1.165, 1.54) is 6.08 Å². The Morgan fingerprint density at radius 1 is 1.58 bits per heavy atom. The molecule has 0 aromatic carbocycles. The van der Waals surface area contributed by atoms with Crippen LogP contribution in [0.15, 0.2) is 25.2 Å². The highest BCUT2D eigenvalue weighted by Gasteiger charge is 2.48. The van der Waals surface area contributed by atoms with Gasteiger partial charge in [0, 0.05) is 24.7 Å². The predicted octanol–water partition coefficient (Wildman–Crippen LogP) is 1.81. The van der Waals surface area contributed by atoms with Crippen molar-refractivity contribution in [3.8, 4) is 0 Å². The second-order valence-corrected chi connectivity index (χ2v) is 4.85. The summed E-state index contributed by atoms with van der Waals surface area (Å²) in [6, 6.07) is 0. The lowest BCUT2D eigenvalue weighted by atomic mass is 9.70. The summed E-state index contributed by atoms with van der Waals surface area (Å²) in [6.45, 7) is 3.65. The number of aromatic amines is 1. The summed E-state index contributed by atoms with van der Waals surface area (Å²) in [6.07, 6.45) is 7.73. The zero-order valence-corrected chi connectivity index (χ0v) is 10.9. The third kappa shape index (κ3) is 2.75. The number of carbonyl (C=O) groups excluding carboxylic acids is 2. The fourth-order valence-electron chi connectivity index (χ4n) is 2.55. The Kier molecular flexibility index (Phi) is 4.14. The molecule has 5 heteroatoms. The average Bonchev–Trinajstić information content (AvgIpc) is 2.91. The van der Waals surface area contributed by atoms with Gasteiger partial charge in [-0.2, -0.15) is 0 Å². The van der Waals surface area contributed by atoms with Crippen molar-refractivity contribution in [2.75, 3.05) is 6.61 Å². The van der Waals surface area contributed by atoms with E-state index in [2.05, 4.69) is 16.5 Å². The second-order valence-electron chi connectivity index (χ2n) is 4.85. The van der Waals surface area contributed by atoms with E-state index in [9.17, 15) is 9.59 Å². The molecule has 0 saturated heterocycles. The molecule has 19 heavy (non-hydrogen) atoms. The molecule has 1 saturated carbocycles. The first-order valence-electron chi connectivity index (χ1n) is 6.48. The van der Waals surface area contributed by atoms with Gasteiger partial charge in [0.05, 0.1) is 6.33 Å². The highest BCUT2D eigenvalue weighted by atomic mass is 16.5. The first kappa shape index (κ1) is 13.5. The summed E-state index contributed by atoms with van der Waals surface area (Å²) < 4.78 is 5.14. The summed E-state index contributed by atoms with van der Waals surface area (Å²) in [7, 11) is 0. The number of carbonyl (C=O) groups is 2. The van der Waals surface area contributed by atoms with Gasteiger partial charge in [-0.3, -0.25) is 9.59 Å². The van der Waals surface area contributed by atoms with E-state index >= 15 is 0 Å². The standard InChI is InChI=1S/C14H18N2O3/c1-2-7-19-13(18)14(6-4-3-5-12(14)17)8-11-9-15-10-16-11/h2,9-10H,1,3-8H2,(H,15,16). The molecule has 0 amide bonds. The number of H-pyrrole nitrogens is 1. The molecule has 102 valence electrons. The number of rotatable bonds is 5. The van der Waals surface area contributed by atoms with E-state index in [1.54, 1.807) is 12.5 Å². The molecule has 0 bridgehead atoms. The van der Waals surface area contributed by atoms with Crippen LogP contribution in [0.3, 0.4) is 0 Å². The minimum atomic E-state index is -1.05. The van der Waals surface area contributed by atoms with Gasteiger partial charge >= 0.3 is 5.97 Å². The smallest absolute Gasteiger partial charge is 0.320 e. The zero-order chi connectivity index (χ0) is 13.7. The molecule has 1 heterocycles. The lowest BCUT2D eigenvalue weighted by Crippen LogP contribution is -2.44. The predicted molar refractivity (Wildman–Crippen MR) is 69.4 cm³/mol.